The highest BCUT2D eigenvalue weighted by Crippen LogP contribution is 2.34. The molecule has 6 nitrogen and oxygen atoms in total. The molecule has 1 amide bonds. The molecule has 11 heteroatoms. The molecule has 1 atom stereocenters. The van der Waals surface area contributed by atoms with Crippen molar-refractivity contribution in [2.45, 2.75) is 37.9 Å². The maximum absolute atomic E-state index is 14.3. The maximum Gasteiger partial charge on any atom is 0.417 e. The third-order valence-corrected chi connectivity index (χ3v) is 5.77. The summed E-state index contributed by atoms with van der Waals surface area (Å²) >= 11 is 0. The minimum atomic E-state index is -4.53. The van der Waals surface area contributed by atoms with E-state index in [0.717, 1.165) is 12.1 Å². The highest BCUT2D eigenvalue weighted by Gasteiger charge is 2.42. The first-order valence-corrected chi connectivity index (χ1v) is 10.9. The average Bonchev–Trinajstić information content (AvgIpc) is 2.82. The van der Waals surface area contributed by atoms with Gasteiger partial charge in [-0.2, -0.15) is 13.2 Å². The van der Waals surface area contributed by atoms with Gasteiger partial charge in [-0.1, -0.05) is 12.1 Å². The molecule has 35 heavy (non-hydrogen) atoms. The van der Waals surface area contributed by atoms with E-state index in [9.17, 15) is 26.7 Å². The smallest absolute Gasteiger partial charge is 0.368 e. The third-order valence-electron chi connectivity index (χ3n) is 5.77. The fourth-order valence-electron chi connectivity index (χ4n) is 3.97. The van der Waals surface area contributed by atoms with Gasteiger partial charge in [-0.15, -0.1) is 0 Å². The second-order valence-electron chi connectivity index (χ2n) is 8.36. The Balaban J connectivity index is 1.58. The lowest BCUT2D eigenvalue weighted by Gasteiger charge is -2.39. The molecule has 184 valence electrons. The van der Waals surface area contributed by atoms with Crippen LogP contribution in [0.15, 0.2) is 55.0 Å². The average molecular weight is 491 g/mol. The molecule has 0 spiro atoms. The standard InChI is InChI=1S/C24H22F5N5O/c1-15-4-6-19(16-3-2-9-30-12-16)21(33-15)22(35)34-10-8-23(25,26)11-18(34)14-32-20-7-5-17(13-31-20)24(27,28)29/h2-7,9,12-13,18H,8,10-11,14H2,1H3,(H,31,32). The zero-order chi connectivity index (χ0) is 25.2. The molecular formula is C24H22F5N5O. The van der Waals surface area contributed by atoms with Crippen molar-refractivity contribution in [1.29, 1.82) is 0 Å². The quantitative estimate of drug-likeness (QED) is 0.496. The number of nitrogens with zero attached hydrogens (tertiary/aromatic N) is 4. The molecule has 1 aliphatic rings. The van der Waals surface area contributed by atoms with Crippen LogP contribution in [0.2, 0.25) is 0 Å². The number of aromatic nitrogens is 3. The van der Waals surface area contributed by atoms with Crippen LogP contribution in [0.3, 0.4) is 0 Å². The molecule has 4 rings (SSSR count). The van der Waals surface area contributed by atoms with Gasteiger partial charge in [0.15, 0.2) is 0 Å². The van der Waals surface area contributed by atoms with Gasteiger partial charge in [0.05, 0.1) is 11.6 Å². The summed E-state index contributed by atoms with van der Waals surface area (Å²) in [6, 6.07) is 8.02. The summed E-state index contributed by atoms with van der Waals surface area (Å²) in [4.78, 5) is 27.1. The van der Waals surface area contributed by atoms with Gasteiger partial charge in [-0.05, 0) is 31.2 Å². The first kappa shape index (κ1) is 24.5. The second kappa shape index (κ2) is 9.55. The molecule has 1 fully saturated rings. The van der Waals surface area contributed by atoms with Crippen LogP contribution in [-0.4, -0.2) is 50.8 Å². The molecule has 0 saturated carbocycles. The van der Waals surface area contributed by atoms with Gasteiger partial charge < -0.3 is 10.2 Å². The molecule has 0 aromatic carbocycles. The highest BCUT2D eigenvalue weighted by atomic mass is 19.4. The molecule has 1 saturated heterocycles. The molecule has 1 unspecified atom stereocenters. The molecule has 0 bridgehead atoms. The van der Waals surface area contributed by atoms with E-state index in [1.807, 2.05) is 0 Å². The summed E-state index contributed by atoms with van der Waals surface area (Å²) in [5.74, 6) is -3.40. The van der Waals surface area contributed by atoms with E-state index in [4.69, 9.17) is 0 Å². The van der Waals surface area contributed by atoms with Crippen LogP contribution in [0.4, 0.5) is 27.8 Å². The van der Waals surface area contributed by atoms with E-state index < -0.39 is 42.5 Å². The van der Waals surface area contributed by atoms with Crippen molar-refractivity contribution in [3.05, 3.63) is 71.9 Å². The number of piperidine rings is 1. The zero-order valence-electron chi connectivity index (χ0n) is 18.7. The lowest BCUT2D eigenvalue weighted by Crippen LogP contribution is -2.52. The Bertz CT molecular complexity index is 1190. The summed E-state index contributed by atoms with van der Waals surface area (Å²) in [5, 5.41) is 2.79. The minimum Gasteiger partial charge on any atom is -0.368 e. The number of alkyl halides is 5. The summed E-state index contributed by atoms with van der Waals surface area (Å²) < 4.78 is 66.9. The number of rotatable bonds is 5. The van der Waals surface area contributed by atoms with E-state index in [-0.39, 0.29) is 24.6 Å². The van der Waals surface area contributed by atoms with E-state index in [0.29, 0.717) is 23.0 Å². The maximum atomic E-state index is 14.3. The largest absolute Gasteiger partial charge is 0.417 e. The highest BCUT2D eigenvalue weighted by molar-refractivity contribution is 5.99. The molecule has 0 radical (unpaired) electrons. The molecule has 0 aliphatic carbocycles. The number of carbonyl (C=O) groups excluding carboxylic acids is 1. The summed E-state index contributed by atoms with van der Waals surface area (Å²) in [5.41, 5.74) is 0.988. The number of hydrogen-bond donors (Lipinski definition) is 1. The summed E-state index contributed by atoms with van der Waals surface area (Å²) in [6.07, 6.45) is -1.79. The van der Waals surface area contributed by atoms with Crippen molar-refractivity contribution in [2.75, 3.05) is 18.4 Å². The Labute approximate surface area is 198 Å². The number of nitrogens with one attached hydrogen (secondary N) is 1. The summed E-state index contributed by atoms with van der Waals surface area (Å²) in [6.45, 7) is 1.41. The Hall–Kier alpha value is -3.63. The van der Waals surface area contributed by atoms with Gasteiger partial charge in [0.2, 0.25) is 0 Å². The molecule has 3 aromatic rings. The third kappa shape index (κ3) is 5.72. The molecule has 3 aromatic heterocycles. The van der Waals surface area contributed by atoms with Crippen molar-refractivity contribution in [3.63, 3.8) is 0 Å². The molecule has 1 N–H and O–H groups in total. The number of pyridine rings is 3. The Morgan fingerprint density at radius 2 is 1.97 bits per heavy atom. The number of hydrogen-bond acceptors (Lipinski definition) is 5. The van der Waals surface area contributed by atoms with Crippen LogP contribution < -0.4 is 5.32 Å². The minimum absolute atomic E-state index is 0.0871. The lowest BCUT2D eigenvalue weighted by molar-refractivity contribution is -0.137. The Morgan fingerprint density at radius 3 is 2.63 bits per heavy atom. The van der Waals surface area contributed by atoms with Crippen LogP contribution in [-0.2, 0) is 6.18 Å². The fraction of sp³-hybridized carbons (Fsp3) is 0.333. The predicted octanol–water partition coefficient (Wildman–Crippen LogP) is 5.22. The SMILES string of the molecule is Cc1ccc(-c2cccnc2)c(C(=O)N2CCC(F)(F)CC2CNc2ccc(C(F)(F)F)cn2)n1. The first-order chi connectivity index (χ1) is 16.5. The Kier molecular flexibility index (Phi) is 6.68. The van der Waals surface area contributed by atoms with Gasteiger partial charge in [0, 0.05) is 61.3 Å². The number of carbonyl (C=O) groups is 1. The summed E-state index contributed by atoms with van der Waals surface area (Å²) in [7, 11) is 0. The second-order valence-corrected chi connectivity index (χ2v) is 8.36. The van der Waals surface area contributed by atoms with E-state index in [1.54, 1.807) is 43.6 Å². The Morgan fingerprint density at radius 1 is 1.17 bits per heavy atom. The van der Waals surface area contributed by atoms with Gasteiger partial charge in [0.25, 0.3) is 11.8 Å². The molecule has 1 aliphatic heterocycles. The van der Waals surface area contributed by atoms with Crippen molar-refractivity contribution in [2.24, 2.45) is 0 Å². The van der Waals surface area contributed by atoms with Crippen molar-refractivity contribution in [1.82, 2.24) is 19.9 Å². The van der Waals surface area contributed by atoms with Gasteiger partial charge >= 0.3 is 6.18 Å². The van der Waals surface area contributed by atoms with Gasteiger partial charge in [-0.25, -0.2) is 18.7 Å². The van der Waals surface area contributed by atoms with E-state index >= 15 is 0 Å². The van der Waals surface area contributed by atoms with Gasteiger partial charge in [-0.3, -0.25) is 9.78 Å². The van der Waals surface area contributed by atoms with E-state index in [1.165, 1.54) is 4.90 Å². The topological polar surface area (TPSA) is 71.0 Å². The predicted molar refractivity (Wildman–Crippen MR) is 119 cm³/mol. The van der Waals surface area contributed by atoms with Crippen molar-refractivity contribution >= 4 is 11.7 Å². The fourth-order valence-corrected chi connectivity index (χ4v) is 3.97. The number of anilines is 1. The van der Waals surface area contributed by atoms with Crippen molar-refractivity contribution < 1.29 is 26.7 Å². The van der Waals surface area contributed by atoms with Crippen LogP contribution >= 0.6 is 0 Å². The molecule has 4 heterocycles. The van der Waals surface area contributed by atoms with Crippen LogP contribution in [0.25, 0.3) is 11.1 Å². The van der Waals surface area contributed by atoms with Crippen LogP contribution in [0.1, 0.15) is 34.6 Å². The van der Waals surface area contributed by atoms with E-state index in [2.05, 4.69) is 20.3 Å². The molecular weight excluding hydrogens is 469 g/mol. The monoisotopic (exact) mass is 491 g/mol. The normalized spacial score (nSPS) is 17.8. The first-order valence-electron chi connectivity index (χ1n) is 10.9. The number of halogens is 5. The number of likely N-dealkylation sites (tertiary alicyclic amines) is 1. The number of amides is 1. The zero-order valence-corrected chi connectivity index (χ0v) is 18.7. The van der Waals surface area contributed by atoms with Gasteiger partial charge in [0.1, 0.15) is 11.5 Å². The van der Waals surface area contributed by atoms with Crippen LogP contribution in [0.5, 0.6) is 0 Å². The lowest BCUT2D eigenvalue weighted by atomic mass is 9.96. The van der Waals surface area contributed by atoms with Crippen molar-refractivity contribution in [3.8, 4) is 11.1 Å². The van der Waals surface area contributed by atoms with Crippen LogP contribution in [0, 0.1) is 6.92 Å². The number of aryl methyl sites for hydroxylation is 1.